The van der Waals surface area contributed by atoms with E-state index in [9.17, 15) is 18.0 Å². The molecule has 0 atom stereocenters. The molecule has 0 fully saturated rings. The number of benzene rings is 2. The zero-order valence-corrected chi connectivity index (χ0v) is 16.2. The number of carbonyl (C=O) groups is 2. The molecule has 144 valence electrons. The predicted octanol–water partition coefficient (Wildman–Crippen LogP) is 2.91. The van der Waals surface area contributed by atoms with E-state index in [4.69, 9.17) is 5.11 Å². The Kier molecular flexibility index (Phi) is 6.74. The minimum absolute atomic E-state index is 0.0406. The molecule has 2 rings (SSSR count). The summed E-state index contributed by atoms with van der Waals surface area (Å²) < 4.78 is 23.9. The third-order valence-electron chi connectivity index (χ3n) is 4.16. The Balaban J connectivity index is 2.30. The third-order valence-corrected chi connectivity index (χ3v) is 5.40. The maximum Gasteiger partial charge on any atom is 0.303 e. The van der Waals surface area contributed by atoms with Crippen LogP contribution in [0.5, 0.6) is 0 Å². The smallest absolute Gasteiger partial charge is 0.303 e. The van der Waals surface area contributed by atoms with E-state index in [1.165, 1.54) is 6.07 Å². The van der Waals surface area contributed by atoms with Crippen LogP contribution >= 0.6 is 0 Å². The van der Waals surface area contributed by atoms with Crippen LogP contribution in [0, 0.1) is 6.92 Å². The zero-order valence-electron chi connectivity index (χ0n) is 15.4. The maximum absolute atomic E-state index is 13.0. The van der Waals surface area contributed by atoms with Gasteiger partial charge in [0, 0.05) is 31.3 Å². The molecule has 6 nitrogen and oxygen atoms in total. The van der Waals surface area contributed by atoms with Gasteiger partial charge in [0.2, 0.25) is 0 Å². The van der Waals surface area contributed by atoms with Crippen molar-refractivity contribution in [1.82, 2.24) is 4.90 Å². The number of sulfone groups is 1. The number of aliphatic carboxylic acids is 1. The van der Waals surface area contributed by atoms with Gasteiger partial charge in [0.05, 0.1) is 4.90 Å². The molecule has 0 aliphatic rings. The van der Waals surface area contributed by atoms with E-state index in [0.717, 1.165) is 11.8 Å². The summed E-state index contributed by atoms with van der Waals surface area (Å²) in [5.41, 5.74) is 1.76. The van der Waals surface area contributed by atoms with Crippen LogP contribution in [0.15, 0.2) is 53.4 Å². The number of rotatable bonds is 8. The van der Waals surface area contributed by atoms with Gasteiger partial charge < -0.3 is 10.0 Å². The molecular weight excluding hydrogens is 366 g/mol. The van der Waals surface area contributed by atoms with Crippen molar-refractivity contribution in [1.29, 1.82) is 0 Å². The summed E-state index contributed by atoms with van der Waals surface area (Å²) in [7, 11) is -3.45. The molecule has 2 aromatic rings. The second kappa shape index (κ2) is 8.81. The highest BCUT2D eigenvalue weighted by atomic mass is 32.2. The summed E-state index contributed by atoms with van der Waals surface area (Å²) in [4.78, 5) is 25.5. The van der Waals surface area contributed by atoms with E-state index in [2.05, 4.69) is 0 Å². The molecule has 7 heteroatoms. The molecule has 0 unspecified atom stereocenters. The van der Waals surface area contributed by atoms with Gasteiger partial charge in [-0.05, 0) is 36.6 Å². The average Bonchev–Trinajstić information content (AvgIpc) is 2.60. The number of hydrogen-bond donors (Lipinski definition) is 1. The van der Waals surface area contributed by atoms with Gasteiger partial charge in [-0.2, -0.15) is 0 Å². The second-order valence-corrected chi connectivity index (χ2v) is 8.45. The lowest BCUT2D eigenvalue weighted by Crippen LogP contribution is -2.32. The highest BCUT2D eigenvalue weighted by molar-refractivity contribution is 7.90. The molecule has 0 spiro atoms. The van der Waals surface area contributed by atoms with Gasteiger partial charge in [-0.3, -0.25) is 9.59 Å². The van der Waals surface area contributed by atoms with Crippen LogP contribution in [0.2, 0.25) is 0 Å². The lowest BCUT2D eigenvalue weighted by Gasteiger charge is -2.23. The zero-order chi connectivity index (χ0) is 20.0. The van der Waals surface area contributed by atoms with Crippen LogP contribution in [0.1, 0.15) is 34.3 Å². The summed E-state index contributed by atoms with van der Waals surface area (Å²) >= 11 is 0. The van der Waals surface area contributed by atoms with Crippen LogP contribution in [-0.2, 0) is 21.2 Å². The number of carboxylic acids is 1. The van der Waals surface area contributed by atoms with Crippen LogP contribution in [0.25, 0.3) is 0 Å². The fourth-order valence-corrected chi connectivity index (χ4v) is 3.79. The molecule has 1 N–H and O–H groups in total. The van der Waals surface area contributed by atoms with Gasteiger partial charge >= 0.3 is 5.97 Å². The Morgan fingerprint density at radius 1 is 1.07 bits per heavy atom. The Morgan fingerprint density at radius 2 is 1.74 bits per heavy atom. The second-order valence-electron chi connectivity index (χ2n) is 6.46. The molecule has 0 bridgehead atoms. The Bertz CT molecular complexity index is 923. The molecule has 0 aromatic heterocycles. The van der Waals surface area contributed by atoms with Crippen LogP contribution in [0.3, 0.4) is 0 Å². The number of hydrogen-bond acceptors (Lipinski definition) is 4. The topological polar surface area (TPSA) is 91.8 Å². The normalized spacial score (nSPS) is 11.2. The molecule has 0 heterocycles. The number of aryl methyl sites for hydroxylation is 1. The Hall–Kier alpha value is -2.67. The monoisotopic (exact) mass is 389 g/mol. The van der Waals surface area contributed by atoms with Crippen LogP contribution in [-0.4, -0.2) is 43.1 Å². The lowest BCUT2D eigenvalue weighted by atomic mass is 10.1. The fourth-order valence-electron chi connectivity index (χ4n) is 2.79. The van der Waals surface area contributed by atoms with E-state index in [1.807, 2.05) is 30.3 Å². The lowest BCUT2D eigenvalue weighted by molar-refractivity contribution is -0.137. The fraction of sp³-hybridized carbons (Fsp3) is 0.300. The van der Waals surface area contributed by atoms with Crippen molar-refractivity contribution >= 4 is 21.7 Å². The van der Waals surface area contributed by atoms with E-state index >= 15 is 0 Å². The minimum Gasteiger partial charge on any atom is -0.481 e. The van der Waals surface area contributed by atoms with Crippen molar-refractivity contribution in [2.24, 2.45) is 0 Å². The number of nitrogens with zero attached hydrogens (tertiary/aromatic N) is 1. The third kappa shape index (κ3) is 5.92. The number of amides is 1. The van der Waals surface area contributed by atoms with Crippen molar-refractivity contribution in [3.8, 4) is 0 Å². The van der Waals surface area contributed by atoms with E-state index in [0.29, 0.717) is 18.5 Å². The number of carboxylic acid groups (broad SMARTS) is 1. The first kappa shape index (κ1) is 20.6. The van der Waals surface area contributed by atoms with Gasteiger partial charge in [0.15, 0.2) is 9.84 Å². The van der Waals surface area contributed by atoms with Crippen LogP contribution < -0.4 is 0 Å². The van der Waals surface area contributed by atoms with Crippen molar-refractivity contribution in [3.05, 3.63) is 65.2 Å². The largest absolute Gasteiger partial charge is 0.481 e. The summed E-state index contributed by atoms with van der Waals surface area (Å²) in [6.45, 7) is 2.27. The molecular formula is C20H23NO5S. The average molecular weight is 389 g/mol. The molecule has 2 aromatic carbocycles. The van der Waals surface area contributed by atoms with E-state index in [1.54, 1.807) is 24.0 Å². The van der Waals surface area contributed by atoms with Gasteiger partial charge in [0.25, 0.3) is 5.91 Å². The van der Waals surface area contributed by atoms with Gasteiger partial charge in [-0.1, -0.05) is 36.4 Å². The minimum atomic E-state index is -3.45. The molecule has 1 amide bonds. The van der Waals surface area contributed by atoms with Crippen molar-refractivity contribution in [2.45, 2.75) is 31.2 Å². The molecule has 0 radical (unpaired) electrons. The summed E-state index contributed by atoms with van der Waals surface area (Å²) in [6.07, 6.45) is 1.39. The van der Waals surface area contributed by atoms with Crippen molar-refractivity contribution in [3.63, 3.8) is 0 Å². The van der Waals surface area contributed by atoms with Crippen LogP contribution in [0.4, 0.5) is 0 Å². The quantitative estimate of drug-likeness (QED) is 0.749. The maximum atomic E-state index is 13.0. The van der Waals surface area contributed by atoms with E-state index in [-0.39, 0.29) is 29.3 Å². The SMILES string of the molecule is Cc1ccc(C(=O)N(CCCC(=O)O)Cc2ccccc2)cc1S(C)(=O)=O. The molecule has 0 saturated carbocycles. The first-order chi connectivity index (χ1) is 12.7. The molecule has 0 saturated heterocycles. The van der Waals surface area contributed by atoms with Crippen molar-refractivity contribution in [2.75, 3.05) is 12.8 Å². The Labute approximate surface area is 159 Å². The predicted molar refractivity (Wildman–Crippen MR) is 102 cm³/mol. The summed E-state index contributed by atoms with van der Waals surface area (Å²) in [5.74, 6) is -1.24. The standard InChI is InChI=1S/C20H23NO5S/c1-15-10-11-17(13-18(15)27(2,25)26)20(24)21(12-6-9-19(22)23)14-16-7-4-3-5-8-16/h3-5,7-8,10-11,13H,6,9,12,14H2,1-2H3,(H,22,23). The van der Waals surface area contributed by atoms with Gasteiger partial charge in [-0.15, -0.1) is 0 Å². The van der Waals surface area contributed by atoms with Gasteiger partial charge in [-0.25, -0.2) is 8.42 Å². The Morgan fingerprint density at radius 3 is 2.33 bits per heavy atom. The molecule has 0 aliphatic carbocycles. The first-order valence-electron chi connectivity index (χ1n) is 8.54. The molecule has 27 heavy (non-hydrogen) atoms. The highest BCUT2D eigenvalue weighted by Gasteiger charge is 2.20. The highest BCUT2D eigenvalue weighted by Crippen LogP contribution is 2.19. The van der Waals surface area contributed by atoms with Gasteiger partial charge in [0.1, 0.15) is 0 Å². The summed E-state index contributed by atoms with van der Waals surface area (Å²) in [5, 5.41) is 8.86. The van der Waals surface area contributed by atoms with E-state index < -0.39 is 15.8 Å². The number of carbonyl (C=O) groups excluding carboxylic acids is 1. The molecule has 0 aliphatic heterocycles. The van der Waals surface area contributed by atoms with Crippen molar-refractivity contribution < 1.29 is 23.1 Å². The summed E-state index contributed by atoms with van der Waals surface area (Å²) in [6, 6.07) is 14.0. The first-order valence-corrected chi connectivity index (χ1v) is 10.4.